The van der Waals surface area contributed by atoms with Gasteiger partial charge in [-0.15, -0.1) is 0 Å². The number of piperidine rings is 2. The van der Waals surface area contributed by atoms with Crippen LogP contribution in [-0.4, -0.2) is 65.4 Å². The second-order valence-electron chi connectivity index (χ2n) is 10.8. The number of nitrogens with zero attached hydrogens (tertiary/aromatic N) is 4. The predicted octanol–water partition coefficient (Wildman–Crippen LogP) is 4.70. The number of benzene rings is 1. The van der Waals surface area contributed by atoms with Crippen LogP contribution in [0, 0.1) is 24.1 Å². The van der Waals surface area contributed by atoms with Gasteiger partial charge in [0.05, 0.1) is 17.9 Å². The van der Waals surface area contributed by atoms with Crippen molar-refractivity contribution >= 4 is 41.0 Å². The van der Waals surface area contributed by atoms with Gasteiger partial charge in [-0.2, -0.15) is 4.98 Å². The van der Waals surface area contributed by atoms with Crippen molar-refractivity contribution in [3.05, 3.63) is 35.3 Å². The molecule has 1 unspecified atom stereocenters. The van der Waals surface area contributed by atoms with Gasteiger partial charge in [-0.1, -0.05) is 18.9 Å². The molecule has 5 rings (SSSR count). The third kappa shape index (κ3) is 5.80. The number of aliphatic hydroxyl groups excluding tert-OH is 1. The highest BCUT2D eigenvalue weighted by molar-refractivity contribution is 8.00. The Kier molecular flexibility index (Phi) is 7.38. The number of aryl methyl sites for hydroxylation is 1. The topological polar surface area (TPSA) is 93.6 Å². The van der Waals surface area contributed by atoms with E-state index in [0.29, 0.717) is 34.2 Å². The summed E-state index contributed by atoms with van der Waals surface area (Å²) in [5, 5.41) is 11.8. The maximum Gasteiger partial charge on any atom is 0.261 e. The molecule has 1 aliphatic carbocycles. The van der Waals surface area contributed by atoms with E-state index in [1.807, 2.05) is 0 Å². The number of rotatable bonds is 8. The molecule has 2 atom stereocenters. The monoisotopic (exact) mass is 550 g/mol. The SMILES string of the molecule is Cc1cc(NC(=O)c2c(F)cc(NSCCO)cc2N2CC[C@@]3(C)CC3C2)nc(N2CCC(F)(F)CC2)n1. The van der Waals surface area contributed by atoms with Crippen LogP contribution in [0.4, 0.5) is 36.3 Å². The Morgan fingerprint density at radius 1 is 1.16 bits per heavy atom. The molecule has 1 amide bonds. The van der Waals surface area contributed by atoms with Crippen LogP contribution in [0.15, 0.2) is 18.2 Å². The number of fused-ring (bicyclic) bond motifs is 1. The van der Waals surface area contributed by atoms with E-state index < -0.39 is 17.6 Å². The average Bonchev–Trinajstić information content (AvgIpc) is 3.53. The first-order valence-electron chi connectivity index (χ1n) is 12.9. The lowest BCUT2D eigenvalue weighted by Crippen LogP contribution is -2.40. The second kappa shape index (κ2) is 10.4. The number of aromatic nitrogens is 2. The third-order valence-electron chi connectivity index (χ3n) is 7.81. The molecule has 0 radical (unpaired) electrons. The Morgan fingerprint density at radius 2 is 1.89 bits per heavy atom. The first-order chi connectivity index (χ1) is 18.1. The van der Waals surface area contributed by atoms with Crippen LogP contribution in [0.5, 0.6) is 0 Å². The number of anilines is 4. The van der Waals surface area contributed by atoms with E-state index in [1.54, 1.807) is 24.0 Å². The lowest BCUT2D eigenvalue weighted by atomic mass is 9.96. The van der Waals surface area contributed by atoms with Crippen LogP contribution in [0.3, 0.4) is 0 Å². The number of halogens is 3. The number of hydrogen-bond acceptors (Lipinski definition) is 8. The summed E-state index contributed by atoms with van der Waals surface area (Å²) in [6.45, 7) is 5.68. The van der Waals surface area contributed by atoms with Gasteiger partial charge in [0.2, 0.25) is 5.95 Å². The molecule has 206 valence electrons. The molecular formula is C26H33F3N6O2S. The largest absolute Gasteiger partial charge is 0.395 e. The fourth-order valence-corrected chi connectivity index (χ4v) is 5.82. The molecule has 3 heterocycles. The highest BCUT2D eigenvalue weighted by Crippen LogP contribution is 2.58. The minimum absolute atomic E-state index is 0.0138. The number of alkyl halides is 2. The summed E-state index contributed by atoms with van der Waals surface area (Å²) in [4.78, 5) is 26.0. The van der Waals surface area contributed by atoms with Crippen LogP contribution < -0.4 is 19.8 Å². The molecule has 3 aliphatic rings. The molecule has 2 aliphatic heterocycles. The van der Waals surface area contributed by atoms with Crippen LogP contribution in [0.2, 0.25) is 0 Å². The number of carbonyl (C=O) groups is 1. The van der Waals surface area contributed by atoms with Crippen LogP contribution in [-0.2, 0) is 0 Å². The van der Waals surface area contributed by atoms with Gasteiger partial charge in [-0.05, 0) is 43.2 Å². The third-order valence-corrected chi connectivity index (χ3v) is 8.58. The van der Waals surface area contributed by atoms with Crippen LogP contribution in [0.25, 0.3) is 0 Å². The molecule has 8 nitrogen and oxygen atoms in total. The van der Waals surface area contributed by atoms with Crippen molar-refractivity contribution in [3.8, 4) is 0 Å². The predicted molar refractivity (Wildman–Crippen MR) is 144 cm³/mol. The van der Waals surface area contributed by atoms with Gasteiger partial charge in [0.15, 0.2) is 0 Å². The van der Waals surface area contributed by atoms with Gasteiger partial charge in [0.1, 0.15) is 11.6 Å². The van der Waals surface area contributed by atoms with E-state index in [4.69, 9.17) is 5.11 Å². The second-order valence-corrected chi connectivity index (χ2v) is 11.7. The molecule has 1 aromatic heterocycles. The molecule has 2 saturated heterocycles. The van der Waals surface area contributed by atoms with Gasteiger partial charge in [-0.3, -0.25) is 4.79 Å². The van der Waals surface area contributed by atoms with E-state index in [0.717, 1.165) is 25.9 Å². The summed E-state index contributed by atoms with van der Waals surface area (Å²) in [5.74, 6) is -2.59. The van der Waals surface area contributed by atoms with Gasteiger partial charge in [0.25, 0.3) is 11.8 Å². The van der Waals surface area contributed by atoms with Crippen LogP contribution in [0.1, 0.15) is 48.7 Å². The van der Waals surface area contributed by atoms with Gasteiger partial charge in [-0.25, -0.2) is 18.2 Å². The zero-order valence-electron chi connectivity index (χ0n) is 21.6. The molecular weight excluding hydrogens is 517 g/mol. The van der Waals surface area contributed by atoms with Crippen molar-refractivity contribution in [2.24, 2.45) is 11.3 Å². The summed E-state index contributed by atoms with van der Waals surface area (Å²) in [5.41, 5.74) is 1.85. The van der Waals surface area contributed by atoms with Crippen molar-refractivity contribution in [3.63, 3.8) is 0 Å². The number of nitrogens with one attached hydrogen (secondary N) is 2. The maximum atomic E-state index is 15.5. The Bertz CT molecular complexity index is 1210. The molecule has 0 spiro atoms. The Morgan fingerprint density at radius 3 is 2.61 bits per heavy atom. The molecule has 3 N–H and O–H groups in total. The van der Waals surface area contributed by atoms with E-state index in [-0.39, 0.29) is 49.9 Å². The number of aliphatic hydroxyl groups is 1. The molecule has 2 aromatic rings. The first kappa shape index (κ1) is 26.9. The fourth-order valence-electron chi connectivity index (χ4n) is 5.34. The summed E-state index contributed by atoms with van der Waals surface area (Å²) in [7, 11) is 0. The number of amides is 1. The summed E-state index contributed by atoms with van der Waals surface area (Å²) < 4.78 is 45.8. The Labute approximate surface area is 224 Å². The lowest BCUT2D eigenvalue weighted by Gasteiger charge is -2.33. The van der Waals surface area contributed by atoms with Gasteiger partial charge < -0.3 is 24.9 Å². The Hall–Kier alpha value is -2.73. The van der Waals surface area contributed by atoms with Crippen molar-refractivity contribution in [1.29, 1.82) is 0 Å². The molecule has 1 saturated carbocycles. The minimum Gasteiger partial charge on any atom is -0.395 e. The molecule has 3 fully saturated rings. The highest BCUT2D eigenvalue weighted by Gasteiger charge is 2.53. The summed E-state index contributed by atoms with van der Waals surface area (Å²) >= 11 is 1.26. The Balaban J connectivity index is 1.40. The van der Waals surface area contributed by atoms with Crippen molar-refractivity contribution < 1.29 is 23.1 Å². The zero-order chi connectivity index (χ0) is 27.1. The van der Waals surface area contributed by atoms with E-state index >= 15 is 4.39 Å². The summed E-state index contributed by atoms with van der Waals surface area (Å²) in [6.07, 6.45) is 1.53. The average molecular weight is 551 g/mol. The standard InChI is InChI=1S/C26H33F3N6O2S/c1-16-11-21(32-24(30-16)34-7-4-26(28,29)5-8-34)31-23(37)22-19(27)12-18(33-38-10-9-36)13-20(22)35-6-3-25(2)14-17(25)15-35/h11-13,17,33,36H,3-10,14-15H2,1-2H3,(H,30,31,32,37)/t17?,25-/m0/s1. The van der Waals surface area contributed by atoms with Crippen molar-refractivity contribution in [2.45, 2.75) is 45.5 Å². The van der Waals surface area contributed by atoms with Crippen molar-refractivity contribution in [2.75, 3.05) is 58.4 Å². The van der Waals surface area contributed by atoms with Crippen molar-refractivity contribution in [1.82, 2.24) is 9.97 Å². The first-order valence-corrected chi connectivity index (χ1v) is 13.9. The zero-order valence-corrected chi connectivity index (χ0v) is 22.4. The molecule has 38 heavy (non-hydrogen) atoms. The van der Waals surface area contributed by atoms with Gasteiger partial charge in [0, 0.05) is 62.2 Å². The minimum atomic E-state index is -2.70. The number of carbonyl (C=O) groups excluding carboxylic acids is 1. The van der Waals surface area contributed by atoms with E-state index in [9.17, 15) is 13.6 Å². The molecule has 12 heteroatoms. The normalized spacial score (nSPS) is 24.1. The van der Waals surface area contributed by atoms with E-state index in [2.05, 4.69) is 31.8 Å². The van der Waals surface area contributed by atoms with E-state index in [1.165, 1.54) is 18.0 Å². The maximum absolute atomic E-state index is 15.5. The fraction of sp³-hybridized carbons (Fsp3) is 0.577. The highest BCUT2D eigenvalue weighted by atomic mass is 32.2. The summed E-state index contributed by atoms with van der Waals surface area (Å²) in [6, 6.07) is 4.63. The lowest BCUT2D eigenvalue weighted by molar-refractivity contribution is -0.0222. The van der Waals surface area contributed by atoms with Gasteiger partial charge >= 0.3 is 0 Å². The smallest absolute Gasteiger partial charge is 0.261 e. The molecule has 0 bridgehead atoms. The van der Waals surface area contributed by atoms with Crippen LogP contribution >= 0.6 is 11.9 Å². The quantitative estimate of drug-likeness (QED) is 0.322. The number of hydrogen-bond donors (Lipinski definition) is 3. The molecule has 1 aromatic carbocycles.